The Labute approximate surface area is 190 Å². The highest BCUT2D eigenvalue weighted by atomic mass is 35.5. The van der Waals surface area contributed by atoms with E-state index in [2.05, 4.69) is 0 Å². The first-order chi connectivity index (χ1) is 14.2. The molecule has 0 aromatic heterocycles. The molecular formula is C20H21Cl3O6S. The zero-order valence-corrected chi connectivity index (χ0v) is 19.4. The van der Waals surface area contributed by atoms with Crippen molar-refractivity contribution in [3.05, 3.63) is 46.4 Å². The summed E-state index contributed by atoms with van der Waals surface area (Å²) >= 11 is 18.1. The lowest BCUT2D eigenvalue weighted by molar-refractivity contribution is -0.146. The molecule has 1 atom stereocenters. The molecule has 0 heterocycles. The number of hydrogen-bond donors (Lipinski definition) is 0. The van der Waals surface area contributed by atoms with E-state index in [9.17, 15) is 13.2 Å². The summed E-state index contributed by atoms with van der Waals surface area (Å²) in [6.45, 7) is 3.67. The van der Waals surface area contributed by atoms with Gasteiger partial charge in [0.15, 0.2) is 0 Å². The van der Waals surface area contributed by atoms with Gasteiger partial charge in [-0.2, -0.15) is 0 Å². The second kappa shape index (κ2) is 11.1. The Morgan fingerprint density at radius 2 is 1.53 bits per heavy atom. The Bertz CT molecular complexity index is 994. The Morgan fingerprint density at radius 3 is 1.97 bits per heavy atom. The molecular weight excluding hydrogens is 475 g/mol. The van der Waals surface area contributed by atoms with Crippen molar-refractivity contribution in [1.29, 1.82) is 0 Å². The van der Waals surface area contributed by atoms with Crippen LogP contribution in [0.4, 0.5) is 0 Å². The van der Waals surface area contributed by atoms with Crippen LogP contribution < -0.4 is 9.47 Å². The summed E-state index contributed by atoms with van der Waals surface area (Å²) in [4.78, 5) is 11.0. The van der Waals surface area contributed by atoms with Crippen LogP contribution in [-0.2, 0) is 19.4 Å². The van der Waals surface area contributed by atoms with Crippen molar-refractivity contribution in [2.75, 3.05) is 19.1 Å². The molecule has 2 rings (SSSR count). The fraction of sp³-hybridized carbons (Fsp3) is 0.350. The summed E-state index contributed by atoms with van der Waals surface area (Å²) in [5.41, 5.74) is 0. The molecule has 164 valence electrons. The number of hydrogen-bond acceptors (Lipinski definition) is 6. The highest BCUT2D eigenvalue weighted by Gasteiger charge is 2.21. The van der Waals surface area contributed by atoms with Crippen LogP contribution in [0.15, 0.2) is 46.2 Å². The van der Waals surface area contributed by atoms with Gasteiger partial charge in [-0.25, -0.2) is 8.42 Å². The molecule has 0 aliphatic carbocycles. The second-order valence-electron chi connectivity index (χ2n) is 6.23. The van der Waals surface area contributed by atoms with E-state index in [-0.39, 0.29) is 38.1 Å². The molecule has 0 saturated heterocycles. The highest BCUT2D eigenvalue weighted by Crippen LogP contribution is 2.33. The lowest BCUT2D eigenvalue weighted by Gasteiger charge is -2.16. The molecule has 10 heteroatoms. The molecule has 2 aromatic rings. The molecule has 0 aliphatic heterocycles. The normalized spacial score (nSPS) is 12.3. The van der Waals surface area contributed by atoms with Gasteiger partial charge in [0.2, 0.25) is 9.84 Å². The van der Waals surface area contributed by atoms with Gasteiger partial charge in [0.1, 0.15) is 24.2 Å². The maximum atomic E-state index is 12.9. The molecule has 0 spiro atoms. The van der Waals surface area contributed by atoms with Crippen molar-refractivity contribution in [1.82, 2.24) is 0 Å². The molecule has 30 heavy (non-hydrogen) atoms. The zero-order valence-electron chi connectivity index (χ0n) is 16.4. The number of esters is 1. The smallest absolute Gasteiger partial charge is 0.303 e. The standard InChI is InChI=1S/C20H21Cl3O6S/c1-3-8-27-19-6-4-15(9-17(19)22)30(25,26)16-5-7-20(18(23)10-16)28-12-14(11-21)29-13(2)24/h4-7,9-10,14H,3,8,11-12H2,1-2H3/t14-/m0/s1. The van der Waals surface area contributed by atoms with E-state index in [0.29, 0.717) is 12.4 Å². The number of ether oxygens (including phenoxy) is 3. The Hall–Kier alpha value is -1.67. The van der Waals surface area contributed by atoms with Crippen LogP contribution in [0, 0.1) is 0 Å². The Kier molecular flexibility index (Phi) is 9.09. The molecule has 0 fully saturated rings. The fourth-order valence-electron chi connectivity index (χ4n) is 2.41. The number of carbonyl (C=O) groups excluding carboxylic acids is 1. The van der Waals surface area contributed by atoms with Gasteiger partial charge in [-0.05, 0) is 42.8 Å². The SMILES string of the molecule is CCCOc1ccc(S(=O)(=O)c2ccc(OC[C@H](CCl)OC(C)=O)c(Cl)c2)cc1Cl. The predicted molar refractivity (Wildman–Crippen MR) is 116 cm³/mol. The van der Waals surface area contributed by atoms with Gasteiger partial charge >= 0.3 is 5.97 Å². The van der Waals surface area contributed by atoms with Crippen LogP contribution in [0.5, 0.6) is 11.5 Å². The fourth-order valence-corrected chi connectivity index (χ4v) is 4.47. The summed E-state index contributed by atoms with van der Waals surface area (Å²) in [6, 6.07) is 8.36. The molecule has 0 bridgehead atoms. The first kappa shape index (κ1) is 24.6. The lowest BCUT2D eigenvalue weighted by Crippen LogP contribution is -2.25. The number of rotatable bonds is 10. The van der Waals surface area contributed by atoms with Crippen molar-refractivity contribution in [2.45, 2.75) is 36.2 Å². The average Bonchev–Trinajstić information content (AvgIpc) is 2.70. The Balaban J connectivity index is 2.20. The summed E-state index contributed by atoms with van der Waals surface area (Å²) in [5.74, 6) is 0.212. The number of alkyl halides is 1. The molecule has 0 aliphatic rings. The third-order valence-electron chi connectivity index (χ3n) is 3.82. The van der Waals surface area contributed by atoms with Gasteiger partial charge in [0.25, 0.3) is 0 Å². The maximum Gasteiger partial charge on any atom is 0.303 e. The molecule has 2 aromatic carbocycles. The minimum Gasteiger partial charge on any atom is -0.492 e. The first-order valence-corrected chi connectivity index (χ1v) is 11.8. The van der Waals surface area contributed by atoms with Crippen molar-refractivity contribution >= 4 is 50.6 Å². The average molecular weight is 496 g/mol. The van der Waals surface area contributed by atoms with Gasteiger partial charge in [0.05, 0.1) is 32.3 Å². The zero-order chi connectivity index (χ0) is 22.3. The van der Waals surface area contributed by atoms with E-state index in [1.807, 2.05) is 6.92 Å². The molecule has 0 unspecified atom stereocenters. The first-order valence-electron chi connectivity index (χ1n) is 9.02. The van der Waals surface area contributed by atoms with Gasteiger partial charge in [-0.15, -0.1) is 11.6 Å². The topological polar surface area (TPSA) is 78.9 Å². The van der Waals surface area contributed by atoms with Crippen LogP contribution in [-0.4, -0.2) is 39.6 Å². The van der Waals surface area contributed by atoms with Crippen molar-refractivity contribution < 1.29 is 27.4 Å². The van der Waals surface area contributed by atoms with Crippen molar-refractivity contribution in [2.24, 2.45) is 0 Å². The van der Waals surface area contributed by atoms with Gasteiger partial charge in [-0.3, -0.25) is 4.79 Å². The van der Waals surface area contributed by atoms with Gasteiger partial charge in [-0.1, -0.05) is 30.1 Å². The second-order valence-corrected chi connectivity index (χ2v) is 9.31. The van der Waals surface area contributed by atoms with Crippen molar-refractivity contribution in [3.63, 3.8) is 0 Å². The summed E-state index contributed by atoms with van der Waals surface area (Å²) in [7, 11) is -3.86. The summed E-state index contributed by atoms with van der Waals surface area (Å²) in [5, 5.41) is 0.286. The van der Waals surface area contributed by atoms with Crippen LogP contribution in [0.2, 0.25) is 10.0 Å². The molecule has 0 amide bonds. The number of halogens is 3. The molecule has 0 saturated carbocycles. The predicted octanol–water partition coefficient (Wildman–Crippen LogP) is 5.16. The molecule has 6 nitrogen and oxygen atoms in total. The number of sulfone groups is 1. The third-order valence-corrected chi connectivity index (χ3v) is 6.50. The summed E-state index contributed by atoms with van der Waals surface area (Å²) < 4.78 is 41.8. The number of benzene rings is 2. The van der Waals surface area contributed by atoms with E-state index in [1.165, 1.54) is 43.3 Å². The van der Waals surface area contributed by atoms with Crippen LogP contribution in [0.1, 0.15) is 20.3 Å². The van der Waals surface area contributed by atoms with Crippen LogP contribution in [0.25, 0.3) is 0 Å². The third kappa shape index (κ3) is 6.41. The van der Waals surface area contributed by atoms with E-state index in [4.69, 9.17) is 49.0 Å². The van der Waals surface area contributed by atoms with Gasteiger partial charge in [0, 0.05) is 6.92 Å². The molecule has 0 N–H and O–H groups in total. The van der Waals surface area contributed by atoms with E-state index < -0.39 is 21.9 Å². The Morgan fingerprint density at radius 1 is 1.00 bits per heavy atom. The summed E-state index contributed by atoms with van der Waals surface area (Å²) in [6.07, 6.45) is 0.148. The molecule has 0 radical (unpaired) electrons. The van der Waals surface area contributed by atoms with E-state index in [0.717, 1.165) is 6.42 Å². The van der Waals surface area contributed by atoms with E-state index >= 15 is 0 Å². The van der Waals surface area contributed by atoms with Crippen molar-refractivity contribution in [3.8, 4) is 11.5 Å². The van der Waals surface area contributed by atoms with Crippen LogP contribution in [0.3, 0.4) is 0 Å². The highest BCUT2D eigenvalue weighted by molar-refractivity contribution is 7.91. The van der Waals surface area contributed by atoms with E-state index in [1.54, 1.807) is 0 Å². The minimum atomic E-state index is -3.86. The minimum absolute atomic E-state index is 0.0122. The van der Waals surface area contributed by atoms with Gasteiger partial charge < -0.3 is 14.2 Å². The largest absolute Gasteiger partial charge is 0.492 e. The van der Waals surface area contributed by atoms with Crippen LogP contribution >= 0.6 is 34.8 Å². The maximum absolute atomic E-state index is 12.9. The lowest BCUT2D eigenvalue weighted by atomic mass is 10.3. The number of carbonyl (C=O) groups is 1. The quantitative estimate of drug-likeness (QED) is 0.334. The monoisotopic (exact) mass is 494 g/mol.